The Balaban J connectivity index is 2.45. The third-order valence-corrected chi connectivity index (χ3v) is 3.13. The van der Waals surface area contributed by atoms with Gasteiger partial charge in [0.25, 0.3) is 11.8 Å². The lowest BCUT2D eigenvalue weighted by Gasteiger charge is -2.10. The second-order valence-electron chi connectivity index (χ2n) is 4.90. The van der Waals surface area contributed by atoms with Crippen LogP contribution in [0.15, 0.2) is 29.9 Å². The summed E-state index contributed by atoms with van der Waals surface area (Å²) >= 11 is 0. The molecule has 1 amide bonds. The fraction of sp³-hybridized carbons (Fsp3) is 0.400. The van der Waals surface area contributed by atoms with Gasteiger partial charge in [-0.25, -0.2) is 4.79 Å². The summed E-state index contributed by atoms with van der Waals surface area (Å²) in [6.07, 6.45) is -1.29. The lowest BCUT2D eigenvalue weighted by Crippen LogP contribution is -2.15. The average Bonchev–Trinajstić information content (AvgIpc) is 2.54. The van der Waals surface area contributed by atoms with E-state index in [0.717, 1.165) is 0 Å². The van der Waals surface area contributed by atoms with E-state index in [-0.39, 0.29) is 35.7 Å². The minimum absolute atomic E-state index is 0.0232. The van der Waals surface area contributed by atoms with Crippen LogP contribution in [-0.4, -0.2) is 24.7 Å². The Labute approximate surface area is 137 Å². The van der Waals surface area contributed by atoms with Crippen LogP contribution in [0.25, 0.3) is 0 Å². The smallest absolute Gasteiger partial charge is 0.411 e. The quantitative estimate of drug-likeness (QED) is 0.426. The molecular formula is C15H18F2N2O5. The molecule has 0 aliphatic heterocycles. The van der Waals surface area contributed by atoms with Gasteiger partial charge in [-0.15, -0.1) is 0 Å². The number of non-ortho nitro benzene ring substituents is 1. The standard InChI is InChI=1S/C15H18F2N2O5/c1-10(14(16)17)5-3-4-8-24-15(20)18-12-7-6-11(19(21)22)9-13(12)23-2/h6-7,9H,3-5,8H2,1-2H3,(H,18,20). The van der Waals surface area contributed by atoms with E-state index in [1.165, 1.54) is 32.2 Å². The van der Waals surface area contributed by atoms with E-state index in [2.05, 4.69) is 5.32 Å². The minimum Gasteiger partial charge on any atom is -0.494 e. The number of hydrogen-bond donors (Lipinski definition) is 1. The van der Waals surface area contributed by atoms with Crippen molar-refractivity contribution in [2.75, 3.05) is 19.0 Å². The van der Waals surface area contributed by atoms with Gasteiger partial charge in [0, 0.05) is 6.07 Å². The molecule has 0 unspecified atom stereocenters. The molecule has 132 valence electrons. The monoisotopic (exact) mass is 344 g/mol. The molecule has 0 radical (unpaired) electrons. The summed E-state index contributed by atoms with van der Waals surface area (Å²) in [5.74, 6) is 0.125. The zero-order chi connectivity index (χ0) is 18.1. The van der Waals surface area contributed by atoms with Crippen molar-refractivity contribution < 1.29 is 28.0 Å². The van der Waals surface area contributed by atoms with E-state index in [9.17, 15) is 23.7 Å². The van der Waals surface area contributed by atoms with Crippen molar-refractivity contribution in [3.8, 4) is 5.75 Å². The van der Waals surface area contributed by atoms with Gasteiger partial charge < -0.3 is 9.47 Å². The van der Waals surface area contributed by atoms with Crippen LogP contribution in [0.4, 0.5) is 25.0 Å². The second kappa shape index (κ2) is 9.43. The average molecular weight is 344 g/mol. The van der Waals surface area contributed by atoms with Crippen LogP contribution >= 0.6 is 0 Å². The highest BCUT2D eigenvalue weighted by Crippen LogP contribution is 2.29. The second-order valence-corrected chi connectivity index (χ2v) is 4.90. The number of amides is 1. The number of unbranched alkanes of at least 4 members (excludes halogenated alkanes) is 1. The molecule has 0 atom stereocenters. The largest absolute Gasteiger partial charge is 0.494 e. The SMILES string of the molecule is COc1cc([N+](=O)[O-])ccc1NC(=O)OCCCCC(C)=C(F)F. The van der Waals surface area contributed by atoms with Gasteiger partial charge in [0.05, 0.1) is 30.4 Å². The van der Waals surface area contributed by atoms with E-state index in [1.807, 2.05) is 0 Å². The molecular weight excluding hydrogens is 326 g/mol. The number of nitrogens with zero attached hydrogens (tertiary/aromatic N) is 1. The molecule has 0 aliphatic rings. The number of rotatable bonds is 8. The Bertz CT molecular complexity index is 630. The Hall–Kier alpha value is -2.71. The first kappa shape index (κ1) is 19.3. The van der Waals surface area contributed by atoms with E-state index in [0.29, 0.717) is 12.8 Å². The molecule has 24 heavy (non-hydrogen) atoms. The number of nitro groups is 1. The highest BCUT2D eigenvalue weighted by molar-refractivity contribution is 5.87. The van der Waals surface area contributed by atoms with Crippen LogP contribution in [-0.2, 0) is 4.74 Å². The fourth-order valence-electron chi connectivity index (χ4n) is 1.79. The predicted octanol–water partition coefficient (Wildman–Crippen LogP) is 4.49. The first-order valence-corrected chi connectivity index (χ1v) is 7.12. The Morgan fingerprint density at radius 1 is 1.33 bits per heavy atom. The summed E-state index contributed by atoms with van der Waals surface area (Å²) in [7, 11) is 1.31. The molecule has 9 heteroatoms. The maximum absolute atomic E-state index is 12.2. The molecule has 0 bridgehead atoms. The first-order valence-electron chi connectivity index (χ1n) is 7.12. The maximum atomic E-state index is 12.2. The summed E-state index contributed by atoms with van der Waals surface area (Å²) in [5.41, 5.74) is 0.0794. The van der Waals surface area contributed by atoms with Gasteiger partial charge >= 0.3 is 6.09 Å². The van der Waals surface area contributed by atoms with Crippen LogP contribution in [0.1, 0.15) is 26.2 Å². The number of nitrogens with one attached hydrogen (secondary N) is 1. The number of halogens is 2. The van der Waals surface area contributed by atoms with Gasteiger partial charge in [0.1, 0.15) is 5.75 Å². The van der Waals surface area contributed by atoms with Crippen molar-refractivity contribution in [2.45, 2.75) is 26.2 Å². The summed E-state index contributed by atoms with van der Waals surface area (Å²) in [6, 6.07) is 3.73. The third kappa shape index (κ3) is 6.19. The minimum atomic E-state index is -1.68. The molecule has 1 aromatic rings. The topological polar surface area (TPSA) is 90.7 Å². The van der Waals surface area contributed by atoms with Crippen LogP contribution in [0.5, 0.6) is 5.75 Å². The van der Waals surface area contributed by atoms with E-state index in [4.69, 9.17) is 9.47 Å². The molecule has 0 fully saturated rings. The Kier molecular flexibility index (Phi) is 7.60. The van der Waals surface area contributed by atoms with Crippen LogP contribution in [0.2, 0.25) is 0 Å². The van der Waals surface area contributed by atoms with Crippen LogP contribution in [0.3, 0.4) is 0 Å². The number of ether oxygens (including phenoxy) is 2. The van der Waals surface area contributed by atoms with E-state index in [1.54, 1.807) is 0 Å². The summed E-state index contributed by atoms with van der Waals surface area (Å²) < 4.78 is 34.3. The van der Waals surface area contributed by atoms with E-state index >= 15 is 0 Å². The third-order valence-electron chi connectivity index (χ3n) is 3.13. The molecule has 0 aliphatic carbocycles. The van der Waals surface area contributed by atoms with Gasteiger partial charge in [-0.2, -0.15) is 8.78 Å². The summed E-state index contributed by atoms with van der Waals surface area (Å²) in [5, 5.41) is 13.1. The molecule has 0 aromatic heterocycles. The number of carbonyl (C=O) groups is 1. The lowest BCUT2D eigenvalue weighted by molar-refractivity contribution is -0.384. The molecule has 0 saturated heterocycles. The van der Waals surface area contributed by atoms with Crippen molar-refractivity contribution in [1.29, 1.82) is 0 Å². The fourth-order valence-corrected chi connectivity index (χ4v) is 1.79. The van der Waals surface area contributed by atoms with Gasteiger partial charge in [-0.1, -0.05) is 0 Å². The number of allylic oxidation sites excluding steroid dienone is 1. The molecule has 1 rings (SSSR count). The van der Waals surface area contributed by atoms with Crippen molar-refractivity contribution >= 4 is 17.5 Å². The highest BCUT2D eigenvalue weighted by Gasteiger charge is 2.13. The van der Waals surface area contributed by atoms with Crippen molar-refractivity contribution in [2.24, 2.45) is 0 Å². The molecule has 1 aromatic carbocycles. The zero-order valence-corrected chi connectivity index (χ0v) is 13.3. The number of methoxy groups -OCH3 is 1. The number of hydrogen-bond acceptors (Lipinski definition) is 5. The van der Waals surface area contributed by atoms with E-state index < -0.39 is 17.1 Å². The normalized spacial score (nSPS) is 10.0. The maximum Gasteiger partial charge on any atom is 0.411 e. The van der Waals surface area contributed by atoms with Gasteiger partial charge in [-0.3, -0.25) is 15.4 Å². The molecule has 0 saturated carbocycles. The summed E-state index contributed by atoms with van der Waals surface area (Å²) in [6.45, 7) is 1.42. The van der Waals surface area contributed by atoms with Crippen LogP contribution in [0, 0.1) is 10.1 Å². The van der Waals surface area contributed by atoms with Crippen molar-refractivity contribution in [1.82, 2.24) is 0 Å². The van der Waals surface area contributed by atoms with Gasteiger partial charge in [-0.05, 0) is 37.8 Å². The summed E-state index contributed by atoms with van der Waals surface area (Å²) in [4.78, 5) is 21.8. The zero-order valence-electron chi connectivity index (χ0n) is 13.3. The van der Waals surface area contributed by atoms with Gasteiger partial charge in [0.2, 0.25) is 0 Å². The lowest BCUT2D eigenvalue weighted by atomic mass is 10.1. The molecule has 7 nitrogen and oxygen atoms in total. The predicted molar refractivity (Wildman–Crippen MR) is 83.4 cm³/mol. The van der Waals surface area contributed by atoms with Crippen molar-refractivity contribution in [3.05, 3.63) is 40.0 Å². The number of anilines is 1. The molecule has 0 heterocycles. The number of nitro benzene ring substituents is 1. The van der Waals surface area contributed by atoms with Gasteiger partial charge in [0.15, 0.2) is 0 Å². The Morgan fingerprint density at radius 2 is 2.04 bits per heavy atom. The molecule has 1 N–H and O–H groups in total. The Morgan fingerprint density at radius 3 is 2.62 bits per heavy atom. The molecule has 0 spiro atoms. The number of benzene rings is 1. The van der Waals surface area contributed by atoms with Crippen molar-refractivity contribution in [3.63, 3.8) is 0 Å². The number of carbonyl (C=O) groups excluding carboxylic acids is 1. The first-order chi connectivity index (χ1) is 11.3. The van der Waals surface area contributed by atoms with Crippen LogP contribution < -0.4 is 10.1 Å². The highest BCUT2D eigenvalue weighted by atomic mass is 19.3.